The molecular formula is C20H22N2O2. The zero-order chi connectivity index (χ0) is 17.1. The number of amides is 2. The quantitative estimate of drug-likeness (QED) is 0.939. The molecule has 124 valence electrons. The lowest BCUT2D eigenvalue weighted by molar-refractivity contribution is -0.131. The molecule has 0 aliphatic carbocycles. The van der Waals surface area contributed by atoms with Crippen molar-refractivity contribution in [2.45, 2.75) is 26.2 Å². The van der Waals surface area contributed by atoms with Gasteiger partial charge in [-0.1, -0.05) is 42.5 Å². The largest absolute Gasteiger partial charge is 0.333 e. The van der Waals surface area contributed by atoms with E-state index < -0.39 is 0 Å². The van der Waals surface area contributed by atoms with Crippen LogP contribution in [-0.2, 0) is 9.59 Å². The normalized spacial score (nSPS) is 17.2. The van der Waals surface area contributed by atoms with E-state index >= 15 is 0 Å². The van der Waals surface area contributed by atoms with Crippen LogP contribution in [0.15, 0.2) is 48.5 Å². The highest BCUT2D eigenvalue weighted by molar-refractivity contribution is 5.95. The first-order valence-electron chi connectivity index (χ1n) is 8.23. The van der Waals surface area contributed by atoms with E-state index in [1.165, 1.54) is 0 Å². The van der Waals surface area contributed by atoms with Gasteiger partial charge in [0.2, 0.25) is 11.8 Å². The third kappa shape index (κ3) is 3.48. The molecule has 1 aliphatic heterocycles. The third-order valence-electron chi connectivity index (χ3n) is 4.70. The first-order valence-corrected chi connectivity index (χ1v) is 8.23. The SMILES string of the molecule is Cc1cccc(NC(=O)CN2CC(c3ccccc3)CC2=O)c1C. The van der Waals surface area contributed by atoms with Crippen LogP contribution >= 0.6 is 0 Å². The molecule has 1 atom stereocenters. The molecule has 1 unspecified atom stereocenters. The van der Waals surface area contributed by atoms with Crippen LogP contribution < -0.4 is 5.32 Å². The van der Waals surface area contributed by atoms with Crippen LogP contribution in [0.2, 0.25) is 0 Å². The lowest BCUT2D eigenvalue weighted by Gasteiger charge is -2.17. The number of nitrogens with zero attached hydrogens (tertiary/aromatic N) is 1. The van der Waals surface area contributed by atoms with Crippen molar-refractivity contribution >= 4 is 17.5 Å². The lowest BCUT2D eigenvalue weighted by Crippen LogP contribution is -2.34. The summed E-state index contributed by atoms with van der Waals surface area (Å²) in [6.45, 7) is 4.70. The maximum atomic E-state index is 12.3. The summed E-state index contributed by atoms with van der Waals surface area (Å²) in [6, 6.07) is 15.8. The molecule has 0 bridgehead atoms. The summed E-state index contributed by atoms with van der Waals surface area (Å²) >= 11 is 0. The minimum atomic E-state index is -0.147. The van der Waals surface area contributed by atoms with Crippen molar-refractivity contribution in [2.75, 3.05) is 18.4 Å². The minimum absolute atomic E-state index is 0.0416. The standard InChI is InChI=1S/C20H22N2O2/c1-14-7-6-10-18(15(14)2)21-19(23)13-22-12-17(11-20(22)24)16-8-4-3-5-9-16/h3-10,17H,11-13H2,1-2H3,(H,21,23). The molecule has 1 N–H and O–H groups in total. The highest BCUT2D eigenvalue weighted by atomic mass is 16.2. The number of rotatable bonds is 4. The number of nitrogens with one attached hydrogen (secondary N) is 1. The van der Waals surface area contributed by atoms with Crippen LogP contribution in [0.1, 0.15) is 29.0 Å². The average Bonchev–Trinajstić information content (AvgIpc) is 2.93. The summed E-state index contributed by atoms with van der Waals surface area (Å²) in [7, 11) is 0. The van der Waals surface area contributed by atoms with Gasteiger partial charge in [0, 0.05) is 24.6 Å². The van der Waals surface area contributed by atoms with Crippen LogP contribution in [0.3, 0.4) is 0 Å². The Balaban J connectivity index is 1.62. The first kappa shape index (κ1) is 16.2. The summed E-state index contributed by atoms with van der Waals surface area (Å²) in [5, 5.41) is 2.92. The summed E-state index contributed by atoms with van der Waals surface area (Å²) in [5.41, 5.74) is 4.16. The van der Waals surface area contributed by atoms with E-state index in [2.05, 4.69) is 5.32 Å². The Kier molecular flexibility index (Phi) is 4.65. The molecule has 4 nitrogen and oxygen atoms in total. The highest BCUT2D eigenvalue weighted by Crippen LogP contribution is 2.27. The number of likely N-dealkylation sites (tertiary alicyclic amines) is 1. The number of carbonyl (C=O) groups excluding carboxylic acids is 2. The monoisotopic (exact) mass is 322 g/mol. The molecule has 2 aromatic carbocycles. The van der Waals surface area contributed by atoms with Crippen molar-refractivity contribution in [3.8, 4) is 0 Å². The van der Waals surface area contributed by atoms with Crippen molar-refractivity contribution in [2.24, 2.45) is 0 Å². The number of aryl methyl sites for hydroxylation is 1. The number of carbonyl (C=O) groups is 2. The minimum Gasteiger partial charge on any atom is -0.333 e. The van der Waals surface area contributed by atoms with Gasteiger partial charge in [0.15, 0.2) is 0 Å². The van der Waals surface area contributed by atoms with Gasteiger partial charge in [-0.05, 0) is 36.6 Å². The van der Waals surface area contributed by atoms with Gasteiger partial charge >= 0.3 is 0 Å². The zero-order valence-corrected chi connectivity index (χ0v) is 14.1. The summed E-state index contributed by atoms with van der Waals surface area (Å²) in [5.74, 6) is 0.0675. The van der Waals surface area contributed by atoms with E-state index in [4.69, 9.17) is 0 Å². The molecule has 2 amide bonds. The van der Waals surface area contributed by atoms with Gasteiger partial charge < -0.3 is 10.2 Å². The maximum Gasteiger partial charge on any atom is 0.244 e. The highest BCUT2D eigenvalue weighted by Gasteiger charge is 2.31. The van der Waals surface area contributed by atoms with Crippen LogP contribution in [0, 0.1) is 13.8 Å². The molecule has 1 saturated heterocycles. The van der Waals surface area contributed by atoms with Gasteiger partial charge in [-0.3, -0.25) is 9.59 Å². The molecule has 1 aliphatic rings. The van der Waals surface area contributed by atoms with Gasteiger partial charge in [-0.25, -0.2) is 0 Å². The molecule has 24 heavy (non-hydrogen) atoms. The van der Waals surface area contributed by atoms with Crippen molar-refractivity contribution in [1.29, 1.82) is 0 Å². The van der Waals surface area contributed by atoms with Crippen molar-refractivity contribution in [3.05, 3.63) is 65.2 Å². The Morgan fingerprint density at radius 2 is 1.88 bits per heavy atom. The topological polar surface area (TPSA) is 49.4 Å². The average molecular weight is 322 g/mol. The van der Waals surface area contributed by atoms with Gasteiger partial charge in [0.05, 0.1) is 6.54 Å². The van der Waals surface area contributed by atoms with Crippen LogP contribution in [-0.4, -0.2) is 29.8 Å². The summed E-state index contributed by atoms with van der Waals surface area (Å²) < 4.78 is 0. The van der Waals surface area contributed by atoms with E-state index in [0.717, 1.165) is 22.4 Å². The number of hydrogen-bond acceptors (Lipinski definition) is 2. The Morgan fingerprint density at radius 3 is 2.62 bits per heavy atom. The number of benzene rings is 2. The third-order valence-corrected chi connectivity index (χ3v) is 4.70. The molecule has 0 radical (unpaired) electrons. The van der Waals surface area contributed by atoms with Gasteiger partial charge in [0.25, 0.3) is 0 Å². The molecule has 2 aromatic rings. The van der Waals surface area contributed by atoms with Gasteiger partial charge in [-0.2, -0.15) is 0 Å². The number of hydrogen-bond donors (Lipinski definition) is 1. The predicted octanol–water partition coefficient (Wildman–Crippen LogP) is 3.26. The van der Waals surface area contributed by atoms with E-state index in [1.807, 2.05) is 62.4 Å². The molecular weight excluding hydrogens is 300 g/mol. The smallest absolute Gasteiger partial charge is 0.244 e. The Morgan fingerprint density at radius 1 is 1.12 bits per heavy atom. The molecule has 1 heterocycles. The second-order valence-electron chi connectivity index (χ2n) is 6.38. The molecule has 4 heteroatoms. The van der Waals surface area contributed by atoms with E-state index in [1.54, 1.807) is 4.90 Å². The fraction of sp³-hybridized carbons (Fsp3) is 0.300. The molecule has 0 spiro atoms. The Labute approximate surface area is 142 Å². The fourth-order valence-electron chi connectivity index (χ4n) is 3.12. The second kappa shape index (κ2) is 6.87. The number of anilines is 1. The molecule has 1 fully saturated rings. The lowest BCUT2D eigenvalue weighted by atomic mass is 9.99. The van der Waals surface area contributed by atoms with Crippen LogP contribution in [0.5, 0.6) is 0 Å². The first-order chi connectivity index (χ1) is 11.5. The van der Waals surface area contributed by atoms with E-state index in [9.17, 15) is 9.59 Å². The van der Waals surface area contributed by atoms with Crippen molar-refractivity contribution in [3.63, 3.8) is 0 Å². The fourth-order valence-corrected chi connectivity index (χ4v) is 3.12. The molecule has 0 saturated carbocycles. The zero-order valence-electron chi connectivity index (χ0n) is 14.1. The van der Waals surface area contributed by atoms with Crippen LogP contribution in [0.25, 0.3) is 0 Å². The second-order valence-corrected chi connectivity index (χ2v) is 6.38. The van der Waals surface area contributed by atoms with E-state index in [-0.39, 0.29) is 24.3 Å². The predicted molar refractivity (Wildman–Crippen MR) is 94.9 cm³/mol. The maximum absolute atomic E-state index is 12.3. The van der Waals surface area contributed by atoms with Crippen molar-refractivity contribution in [1.82, 2.24) is 4.90 Å². The van der Waals surface area contributed by atoms with Gasteiger partial charge in [0.1, 0.15) is 0 Å². The van der Waals surface area contributed by atoms with E-state index in [0.29, 0.717) is 13.0 Å². The summed E-state index contributed by atoms with van der Waals surface area (Å²) in [6.07, 6.45) is 0.473. The Bertz CT molecular complexity index is 755. The van der Waals surface area contributed by atoms with Crippen LogP contribution in [0.4, 0.5) is 5.69 Å². The summed E-state index contributed by atoms with van der Waals surface area (Å²) in [4.78, 5) is 26.2. The molecule has 3 rings (SSSR count). The van der Waals surface area contributed by atoms with Crippen molar-refractivity contribution < 1.29 is 9.59 Å². The Hall–Kier alpha value is -2.62. The molecule has 0 aromatic heterocycles. The van der Waals surface area contributed by atoms with Gasteiger partial charge in [-0.15, -0.1) is 0 Å².